The van der Waals surface area contributed by atoms with Gasteiger partial charge in [0.2, 0.25) is 21.8 Å². The minimum absolute atomic E-state index is 0.00912. The van der Waals surface area contributed by atoms with Gasteiger partial charge in [0.15, 0.2) is 0 Å². The van der Waals surface area contributed by atoms with Gasteiger partial charge < -0.3 is 9.80 Å². The molecule has 2 amide bonds. The topological polar surface area (TPSA) is 119 Å². The van der Waals surface area contributed by atoms with Crippen molar-refractivity contribution >= 4 is 21.8 Å². The van der Waals surface area contributed by atoms with Crippen LogP contribution in [0.15, 0.2) is 17.3 Å². The first-order chi connectivity index (χ1) is 13.2. The number of piperidine rings is 2. The number of amides is 2. The fourth-order valence-corrected chi connectivity index (χ4v) is 4.47. The maximum Gasteiger partial charge on any atom is 0.241 e. The number of nitrogens with zero attached hydrogens (tertiary/aromatic N) is 4. The van der Waals surface area contributed by atoms with Crippen molar-refractivity contribution in [1.82, 2.24) is 19.6 Å². The SMILES string of the molecule is C[C@@H]1CCCN(C(=O)C2CCN(C(=O)CCn3cc(S(N)(=O)=O)cn3)CC2)C1. The van der Waals surface area contributed by atoms with Crippen LogP contribution in [-0.4, -0.2) is 66.0 Å². The van der Waals surface area contributed by atoms with E-state index in [1.165, 1.54) is 23.5 Å². The maximum atomic E-state index is 12.7. The first-order valence-corrected chi connectivity index (χ1v) is 11.4. The molecule has 1 atom stereocenters. The zero-order valence-electron chi connectivity index (χ0n) is 16.3. The van der Waals surface area contributed by atoms with E-state index in [1.54, 1.807) is 4.90 Å². The molecule has 0 radical (unpaired) electrons. The number of likely N-dealkylation sites (tertiary alicyclic amines) is 2. The Kier molecular flexibility index (Phi) is 6.39. The van der Waals surface area contributed by atoms with Gasteiger partial charge in [-0.3, -0.25) is 14.3 Å². The number of hydrogen-bond acceptors (Lipinski definition) is 5. The Hall–Kier alpha value is -1.94. The van der Waals surface area contributed by atoms with Crippen molar-refractivity contribution < 1.29 is 18.0 Å². The number of sulfonamides is 1. The molecular formula is C18H29N5O4S. The Balaban J connectivity index is 1.44. The van der Waals surface area contributed by atoms with Crippen LogP contribution in [0.1, 0.15) is 39.0 Å². The molecule has 28 heavy (non-hydrogen) atoms. The van der Waals surface area contributed by atoms with Crippen LogP contribution in [0.4, 0.5) is 0 Å². The summed E-state index contributed by atoms with van der Waals surface area (Å²) >= 11 is 0. The van der Waals surface area contributed by atoms with Gasteiger partial charge in [-0.1, -0.05) is 6.92 Å². The minimum Gasteiger partial charge on any atom is -0.343 e. The Bertz CT molecular complexity index is 814. The molecule has 0 saturated carbocycles. The van der Waals surface area contributed by atoms with E-state index in [2.05, 4.69) is 12.0 Å². The number of aryl methyl sites for hydroxylation is 1. The summed E-state index contributed by atoms with van der Waals surface area (Å²) in [5, 5.41) is 8.98. The van der Waals surface area contributed by atoms with Crippen molar-refractivity contribution in [2.75, 3.05) is 26.2 Å². The highest BCUT2D eigenvalue weighted by atomic mass is 32.2. The van der Waals surface area contributed by atoms with Gasteiger partial charge in [-0.05, 0) is 31.6 Å². The normalized spacial score (nSPS) is 21.7. The third-order valence-corrected chi connectivity index (χ3v) is 6.53. The van der Waals surface area contributed by atoms with Crippen molar-refractivity contribution in [1.29, 1.82) is 0 Å². The van der Waals surface area contributed by atoms with Crippen LogP contribution in [0, 0.1) is 11.8 Å². The van der Waals surface area contributed by atoms with E-state index in [-0.39, 0.29) is 29.0 Å². The van der Waals surface area contributed by atoms with E-state index in [0.29, 0.717) is 38.4 Å². The van der Waals surface area contributed by atoms with Gasteiger partial charge >= 0.3 is 0 Å². The molecule has 2 aliphatic heterocycles. The molecule has 9 nitrogen and oxygen atoms in total. The largest absolute Gasteiger partial charge is 0.343 e. The van der Waals surface area contributed by atoms with Crippen LogP contribution in [0.2, 0.25) is 0 Å². The molecular weight excluding hydrogens is 382 g/mol. The third-order valence-electron chi connectivity index (χ3n) is 5.66. The second kappa shape index (κ2) is 8.60. The summed E-state index contributed by atoms with van der Waals surface area (Å²) in [5.41, 5.74) is 0. The van der Waals surface area contributed by atoms with Gasteiger partial charge in [0, 0.05) is 51.3 Å². The first-order valence-electron chi connectivity index (χ1n) is 9.86. The number of nitrogens with two attached hydrogens (primary N) is 1. The van der Waals surface area contributed by atoms with E-state index in [0.717, 1.165) is 19.5 Å². The Morgan fingerprint density at radius 2 is 1.89 bits per heavy atom. The summed E-state index contributed by atoms with van der Waals surface area (Å²) in [5.74, 6) is 0.810. The molecule has 2 N–H and O–H groups in total. The molecule has 0 spiro atoms. The quantitative estimate of drug-likeness (QED) is 0.753. The summed E-state index contributed by atoms with van der Waals surface area (Å²) < 4.78 is 23.9. The molecule has 3 heterocycles. The third kappa shape index (κ3) is 5.11. The van der Waals surface area contributed by atoms with Crippen LogP contribution >= 0.6 is 0 Å². The van der Waals surface area contributed by atoms with Crippen molar-refractivity contribution in [3.8, 4) is 0 Å². The van der Waals surface area contributed by atoms with E-state index in [1.807, 2.05) is 4.90 Å². The number of aromatic nitrogens is 2. The highest BCUT2D eigenvalue weighted by Crippen LogP contribution is 2.24. The average molecular weight is 412 g/mol. The molecule has 156 valence electrons. The number of carbonyl (C=O) groups excluding carboxylic acids is 2. The first kappa shape index (κ1) is 20.8. The number of primary sulfonamides is 1. The predicted molar refractivity (Wildman–Crippen MR) is 102 cm³/mol. The maximum absolute atomic E-state index is 12.7. The lowest BCUT2D eigenvalue weighted by Crippen LogP contribution is -2.47. The van der Waals surface area contributed by atoms with Gasteiger partial charge in [-0.2, -0.15) is 5.10 Å². The monoisotopic (exact) mass is 411 g/mol. The Morgan fingerprint density at radius 1 is 1.18 bits per heavy atom. The van der Waals surface area contributed by atoms with Crippen LogP contribution in [0.25, 0.3) is 0 Å². The lowest BCUT2D eigenvalue weighted by atomic mass is 9.92. The molecule has 3 rings (SSSR count). The molecule has 0 aliphatic carbocycles. The standard InChI is InChI=1S/C18H29N5O4S/c1-14-3-2-7-22(12-14)18(25)15-4-8-21(9-5-15)17(24)6-10-23-13-16(11-20-23)28(19,26)27/h11,13-15H,2-10,12H2,1H3,(H2,19,26,27)/t14-/m1/s1. The van der Waals surface area contributed by atoms with Gasteiger partial charge in [-0.25, -0.2) is 13.6 Å². The predicted octanol–water partition coefficient (Wildman–Crippen LogP) is 0.418. The molecule has 2 fully saturated rings. The van der Waals surface area contributed by atoms with Crippen LogP contribution in [0.5, 0.6) is 0 Å². The van der Waals surface area contributed by atoms with Crippen LogP contribution in [-0.2, 0) is 26.2 Å². The Labute approximate surface area is 165 Å². The number of rotatable bonds is 5. The smallest absolute Gasteiger partial charge is 0.241 e. The number of carbonyl (C=O) groups is 2. The van der Waals surface area contributed by atoms with E-state index < -0.39 is 10.0 Å². The molecule has 0 bridgehead atoms. The van der Waals surface area contributed by atoms with Crippen molar-refractivity contribution in [2.24, 2.45) is 17.0 Å². The summed E-state index contributed by atoms with van der Waals surface area (Å²) in [7, 11) is -3.78. The Morgan fingerprint density at radius 3 is 2.50 bits per heavy atom. The van der Waals surface area contributed by atoms with Gasteiger partial charge in [-0.15, -0.1) is 0 Å². The van der Waals surface area contributed by atoms with Crippen LogP contribution in [0.3, 0.4) is 0 Å². The molecule has 2 aliphatic rings. The van der Waals surface area contributed by atoms with Gasteiger partial charge in [0.25, 0.3) is 0 Å². The molecule has 0 aromatic carbocycles. The number of hydrogen-bond donors (Lipinski definition) is 1. The zero-order chi connectivity index (χ0) is 20.3. The fraction of sp³-hybridized carbons (Fsp3) is 0.722. The minimum atomic E-state index is -3.78. The van der Waals surface area contributed by atoms with Crippen LogP contribution < -0.4 is 5.14 Å². The average Bonchev–Trinajstić information content (AvgIpc) is 3.15. The van der Waals surface area contributed by atoms with Crippen molar-refractivity contribution in [3.05, 3.63) is 12.4 Å². The van der Waals surface area contributed by atoms with Crippen molar-refractivity contribution in [3.63, 3.8) is 0 Å². The van der Waals surface area contributed by atoms with E-state index in [4.69, 9.17) is 5.14 Å². The molecule has 1 aromatic rings. The summed E-state index contributed by atoms with van der Waals surface area (Å²) in [6.07, 6.45) is 6.40. The molecule has 2 saturated heterocycles. The summed E-state index contributed by atoms with van der Waals surface area (Å²) in [6.45, 7) is 5.35. The van der Waals surface area contributed by atoms with Crippen molar-refractivity contribution in [2.45, 2.75) is 50.5 Å². The lowest BCUT2D eigenvalue weighted by Gasteiger charge is -2.37. The van der Waals surface area contributed by atoms with E-state index >= 15 is 0 Å². The molecule has 10 heteroatoms. The molecule has 0 unspecified atom stereocenters. The zero-order valence-corrected chi connectivity index (χ0v) is 17.1. The second-order valence-corrected chi connectivity index (χ2v) is 9.48. The summed E-state index contributed by atoms with van der Waals surface area (Å²) in [4.78, 5) is 28.9. The highest BCUT2D eigenvalue weighted by molar-refractivity contribution is 7.89. The lowest BCUT2D eigenvalue weighted by molar-refractivity contribution is -0.142. The highest BCUT2D eigenvalue weighted by Gasteiger charge is 2.31. The fourth-order valence-electron chi connectivity index (χ4n) is 4.01. The summed E-state index contributed by atoms with van der Waals surface area (Å²) in [6, 6.07) is 0. The van der Waals surface area contributed by atoms with E-state index in [9.17, 15) is 18.0 Å². The second-order valence-electron chi connectivity index (χ2n) is 7.92. The molecule has 1 aromatic heterocycles. The van der Waals surface area contributed by atoms with Gasteiger partial charge in [0.1, 0.15) is 4.90 Å². The van der Waals surface area contributed by atoms with Gasteiger partial charge in [0.05, 0.1) is 6.20 Å².